The first kappa shape index (κ1) is 14.4. The summed E-state index contributed by atoms with van der Waals surface area (Å²) in [7, 11) is 1.60. The number of methoxy groups -OCH3 is 1. The van der Waals surface area contributed by atoms with E-state index in [0.29, 0.717) is 17.7 Å². The second-order valence-electron chi connectivity index (χ2n) is 5.96. The Balaban J connectivity index is 1.74. The molecule has 2 aromatic rings. The summed E-state index contributed by atoms with van der Waals surface area (Å²) < 4.78 is 5.25. The molecule has 3 heterocycles. The Kier molecular flexibility index (Phi) is 3.56. The van der Waals surface area contributed by atoms with E-state index in [0.717, 1.165) is 25.9 Å². The van der Waals surface area contributed by atoms with Crippen LogP contribution in [0.3, 0.4) is 0 Å². The Labute approximate surface area is 139 Å². The van der Waals surface area contributed by atoms with Gasteiger partial charge in [-0.2, -0.15) is 0 Å². The first-order valence-electron chi connectivity index (χ1n) is 7.50. The molecule has 1 aromatic heterocycles. The number of phenols is 1. The molecule has 116 valence electrons. The van der Waals surface area contributed by atoms with Crippen molar-refractivity contribution < 1.29 is 9.84 Å². The summed E-state index contributed by atoms with van der Waals surface area (Å²) >= 11 is 7.82. The van der Waals surface area contributed by atoms with Gasteiger partial charge >= 0.3 is 0 Å². The van der Waals surface area contributed by atoms with Crippen molar-refractivity contribution in [3.63, 3.8) is 0 Å². The normalized spacial score (nSPS) is 20.2. The Hall–Kier alpha value is -1.23. The van der Waals surface area contributed by atoms with Crippen LogP contribution in [0.5, 0.6) is 11.5 Å². The summed E-state index contributed by atoms with van der Waals surface area (Å²) in [5, 5.41) is 10.1. The van der Waals surface area contributed by atoms with Gasteiger partial charge in [-0.3, -0.25) is 4.90 Å². The number of rotatable bonds is 2. The van der Waals surface area contributed by atoms with Crippen LogP contribution < -0.4 is 4.74 Å². The van der Waals surface area contributed by atoms with Gasteiger partial charge in [-0.15, -0.1) is 22.9 Å². The fourth-order valence-electron chi connectivity index (χ4n) is 3.66. The molecule has 0 radical (unpaired) electrons. The first-order valence-corrected chi connectivity index (χ1v) is 8.85. The van der Waals surface area contributed by atoms with E-state index in [9.17, 15) is 5.11 Å². The maximum absolute atomic E-state index is 10.1. The lowest BCUT2D eigenvalue weighted by atomic mass is 9.86. The van der Waals surface area contributed by atoms with Gasteiger partial charge in [0.1, 0.15) is 0 Å². The second-order valence-corrected chi connectivity index (χ2v) is 7.45. The molecular formula is C17H18ClNO2S. The standard InChI is InChI=1S/C17H18ClNO2S/c1-21-16-5-10-2-3-19-9-11-4-12(8-18)22-17(11)7-14(19)13(10)6-15(16)20/h4-6,14,20H,2-3,7-9H2,1H3/t14-/m0/s1. The minimum Gasteiger partial charge on any atom is -0.504 e. The Bertz CT molecular complexity index is 728. The topological polar surface area (TPSA) is 32.7 Å². The van der Waals surface area contributed by atoms with Crippen LogP contribution in [0.1, 0.15) is 32.5 Å². The highest BCUT2D eigenvalue weighted by Crippen LogP contribution is 2.43. The van der Waals surface area contributed by atoms with Crippen LogP contribution in [0.2, 0.25) is 0 Å². The number of benzene rings is 1. The highest BCUT2D eigenvalue weighted by Gasteiger charge is 2.33. The number of halogens is 1. The SMILES string of the molecule is COc1cc2c(cc1O)[C@@H]1Cc3sc(CCl)cc3CN1CC2. The molecule has 0 aliphatic carbocycles. The van der Waals surface area contributed by atoms with Gasteiger partial charge in [0.05, 0.1) is 13.0 Å². The zero-order valence-electron chi connectivity index (χ0n) is 12.4. The lowest BCUT2D eigenvalue weighted by Gasteiger charge is -2.40. The van der Waals surface area contributed by atoms with Crippen molar-refractivity contribution in [3.8, 4) is 11.5 Å². The molecule has 2 aliphatic rings. The van der Waals surface area contributed by atoms with E-state index in [1.165, 1.54) is 26.4 Å². The molecule has 0 unspecified atom stereocenters. The molecule has 3 nitrogen and oxygen atoms in total. The molecule has 0 fully saturated rings. The molecule has 0 bridgehead atoms. The van der Waals surface area contributed by atoms with E-state index in [2.05, 4.69) is 11.0 Å². The van der Waals surface area contributed by atoms with Gasteiger partial charge in [0.15, 0.2) is 11.5 Å². The van der Waals surface area contributed by atoms with Gasteiger partial charge in [-0.05, 0) is 41.3 Å². The molecule has 1 N–H and O–H groups in total. The van der Waals surface area contributed by atoms with Crippen molar-refractivity contribution >= 4 is 22.9 Å². The van der Waals surface area contributed by atoms with Crippen molar-refractivity contribution in [3.05, 3.63) is 44.6 Å². The fourth-order valence-corrected chi connectivity index (χ4v) is 4.97. The molecule has 1 aromatic carbocycles. The summed E-state index contributed by atoms with van der Waals surface area (Å²) in [5.41, 5.74) is 3.97. The van der Waals surface area contributed by atoms with Crippen LogP contribution >= 0.6 is 22.9 Å². The molecule has 22 heavy (non-hydrogen) atoms. The van der Waals surface area contributed by atoms with E-state index in [-0.39, 0.29) is 5.75 Å². The Morgan fingerprint density at radius 1 is 1.36 bits per heavy atom. The number of thiophene rings is 1. The van der Waals surface area contributed by atoms with Crippen LogP contribution in [0.15, 0.2) is 18.2 Å². The predicted octanol–water partition coefficient (Wildman–Crippen LogP) is 3.86. The fraction of sp³-hybridized carbons (Fsp3) is 0.412. The van der Waals surface area contributed by atoms with Crippen molar-refractivity contribution in [2.75, 3.05) is 13.7 Å². The third-order valence-electron chi connectivity index (χ3n) is 4.74. The Morgan fingerprint density at radius 2 is 2.23 bits per heavy atom. The lowest BCUT2D eigenvalue weighted by Crippen LogP contribution is -2.38. The number of hydrogen-bond donors (Lipinski definition) is 1. The molecule has 5 heteroatoms. The molecule has 4 rings (SSSR count). The minimum atomic E-state index is 0.238. The minimum absolute atomic E-state index is 0.238. The number of aromatic hydroxyl groups is 1. The predicted molar refractivity (Wildman–Crippen MR) is 89.1 cm³/mol. The van der Waals surface area contributed by atoms with Crippen LogP contribution in [-0.2, 0) is 25.3 Å². The van der Waals surface area contributed by atoms with Crippen LogP contribution in [0, 0.1) is 0 Å². The van der Waals surface area contributed by atoms with Gasteiger partial charge in [0.2, 0.25) is 0 Å². The zero-order chi connectivity index (χ0) is 15.3. The molecule has 2 aliphatic heterocycles. The third kappa shape index (κ3) is 2.21. The average molecular weight is 336 g/mol. The third-order valence-corrected chi connectivity index (χ3v) is 6.39. The number of fused-ring (bicyclic) bond motifs is 4. The number of alkyl halides is 1. The van der Waals surface area contributed by atoms with Gasteiger partial charge in [0, 0.05) is 35.3 Å². The highest BCUT2D eigenvalue weighted by atomic mass is 35.5. The summed E-state index contributed by atoms with van der Waals surface area (Å²) in [5.74, 6) is 1.41. The van der Waals surface area contributed by atoms with E-state index < -0.39 is 0 Å². The molecule has 0 amide bonds. The van der Waals surface area contributed by atoms with E-state index in [4.69, 9.17) is 16.3 Å². The van der Waals surface area contributed by atoms with Crippen molar-refractivity contribution in [1.82, 2.24) is 4.90 Å². The summed E-state index contributed by atoms with van der Waals surface area (Å²) in [4.78, 5) is 5.21. The second kappa shape index (κ2) is 5.44. The van der Waals surface area contributed by atoms with Gasteiger partial charge in [0.25, 0.3) is 0 Å². The number of phenolic OH excluding ortho intramolecular Hbond substituents is 1. The Morgan fingerprint density at radius 3 is 3.00 bits per heavy atom. The molecule has 1 atom stereocenters. The molecule has 0 spiro atoms. The van der Waals surface area contributed by atoms with Gasteiger partial charge in [-0.1, -0.05) is 0 Å². The maximum Gasteiger partial charge on any atom is 0.160 e. The van der Waals surface area contributed by atoms with Crippen LogP contribution in [0.25, 0.3) is 0 Å². The zero-order valence-corrected chi connectivity index (χ0v) is 14.0. The molecular weight excluding hydrogens is 318 g/mol. The van der Waals surface area contributed by atoms with Gasteiger partial charge < -0.3 is 9.84 Å². The number of nitrogens with zero attached hydrogens (tertiary/aromatic N) is 1. The number of hydrogen-bond acceptors (Lipinski definition) is 4. The quantitative estimate of drug-likeness (QED) is 0.846. The molecule has 0 saturated carbocycles. The largest absolute Gasteiger partial charge is 0.504 e. The smallest absolute Gasteiger partial charge is 0.160 e. The van der Waals surface area contributed by atoms with Crippen LogP contribution in [-0.4, -0.2) is 23.7 Å². The monoisotopic (exact) mass is 335 g/mol. The molecule has 0 saturated heterocycles. The number of ether oxygens (including phenoxy) is 1. The summed E-state index contributed by atoms with van der Waals surface area (Å²) in [6.45, 7) is 2.04. The van der Waals surface area contributed by atoms with Crippen molar-refractivity contribution in [2.24, 2.45) is 0 Å². The lowest BCUT2D eigenvalue weighted by molar-refractivity contribution is 0.162. The van der Waals surface area contributed by atoms with Crippen molar-refractivity contribution in [1.29, 1.82) is 0 Å². The van der Waals surface area contributed by atoms with E-state index >= 15 is 0 Å². The first-order chi connectivity index (χ1) is 10.7. The average Bonchev–Trinajstić information content (AvgIpc) is 2.94. The van der Waals surface area contributed by atoms with E-state index in [1.807, 2.05) is 23.5 Å². The maximum atomic E-state index is 10.1. The van der Waals surface area contributed by atoms with E-state index in [1.54, 1.807) is 7.11 Å². The summed E-state index contributed by atoms with van der Waals surface area (Å²) in [6.07, 6.45) is 2.01. The van der Waals surface area contributed by atoms with Crippen molar-refractivity contribution in [2.45, 2.75) is 31.3 Å². The van der Waals surface area contributed by atoms with Gasteiger partial charge in [-0.25, -0.2) is 0 Å². The summed E-state index contributed by atoms with van der Waals surface area (Å²) in [6, 6.07) is 6.50. The van der Waals surface area contributed by atoms with Crippen LogP contribution in [0.4, 0.5) is 0 Å². The highest BCUT2D eigenvalue weighted by molar-refractivity contribution is 7.12.